The Bertz CT molecular complexity index is 1250. The number of aliphatic hydroxyl groups is 1. The molecule has 8 heteroatoms. The van der Waals surface area contributed by atoms with Gasteiger partial charge in [-0.25, -0.2) is 14.2 Å². The normalized spacial score (nSPS) is 15.8. The highest BCUT2D eigenvalue weighted by Gasteiger charge is 2.62. The molecule has 0 bridgehead atoms. The van der Waals surface area contributed by atoms with Gasteiger partial charge in [-0.3, -0.25) is 4.57 Å². The van der Waals surface area contributed by atoms with Crippen molar-refractivity contribution in [3.63, 3.8) is 0 Å². The minimum Gasteiger partial charge on any atom is -0.480 e. The lowest BCUT2D eigenvalue weighted by molar-refractivity contribution is -0.147. The maximum atomic E-state index is 13.3. The fraction of sp³-hybridized carbons (Fsp3) is 0.280. The summed E-state index contributed by atoms with van der Waals surface area (Å²) in [6.07, 6.45) is -0.0947. The number of benzene rings is 2. The first-order valence-corrected chi connectivity index (χ1v) is 11.6. The van der Waals surface area contributed by atoms with Crippen LogP contribution in [0.4, 0.5) is 4.39 Å². The Hall–Kier alpha value is -3.04. The summed E-state index contributed by atoms with van der Waals surface area (Å²) in [6, 6.07) is 15.5. The molecule has 0 saturated heterocycles. The number of halogens is 1. The number of carboxylic acid groups (broad SMARTS) is 1. The summed E-state index contributed by atoms with van der Waals surface area (Å²) in [6.45, 7) is 3.60. The second-order valence-corrected chi connectivity index (χ2v) is 9.88. The Balaban J connectivity index is 2.33. The highest BCUT2D eigenvalue weighted by atomic mass is 31.1. The fourth-order valence-corrected chi connectivity index (χ4v) is 5.04. The summed E-state index contributed by atoms with van der Waals surface area (Å²) in [4.78, 5) is 17.3. The molecule has 3 unspecified atom stereocenters. The number of hydrogen-bond acceptors (Lipinski definition) is 5. The highest BCUT2D eigenvalue weighted by molar-refractivity contribution is 7.43. The predicted octanol–water partition coefficient (Wildman–Crippen LogP) is 4.60. The van der Waals surface area contributed by atoms with Crippen molar-refractivity contribution in [2.45, 2.75) is 31.0 Å². The Kier molecular flexibility index (Phi) is 7.34. The van der Waals surface area contributed by atoms with Crippen molar-refractivity contribution >= 4 is 24.9 Å². The van der Waals surface area contributed by atoms with E-state index in [4.69, 9.17) is 4.52 Å². The third-order valence-electron chi connectivity index (χ3n) is 5.40. The maximum absolute atomic E-state index is 13.3. The van der Waals surface area contributed by atoms with Gasteiger partial charge in [0.2, 0.25) is 13.2 Å². The number of para-hydroxylation sites is 1. The van der Waals surface area contributed by atoms with Crippen LogP contribution in [-0.2, 0) is 19.5 Å². The number of pyridine rings is 1. The smallest absolute Gasteiger partial charge is 0.335 e. The van der Waals surface area contributed by atoms with Crippen molar-refractivity contribution in [1.82, 2.24) is 4.98 Å². The van der Waals surface area contributed by atoms with E-state index in [1.54, 1.807) is 32.0 Å². The molecule has 1 aromatic heterocycles. The molecule has 0 radical (unpaired) electrons. The molecule has 0 fully saturated rings. The molecule has 0 aliphatic rings. The molecule has 0 aliphatic carbocycles. The maximum Gasteiger partial charge on any atom is 0.335 e. The van der Waals surface area contributed by atoms with Gasteiger partial charge in [0.05, 0.1) is 11.2 Å². The van der Waals surface area contributed by atoms with Crippen LogP contribution in [0.15, 0.2) is 60.7 Å². The van der Waals surface area contributed by atoms with Crippen molar-refractivity contribution in [2.24, 2.45) is 5.92 Å². The standard InChI is InChI=1S/C25H25FNO5P/c1-17(2)16-24(30,22-13-10-19-6-4-5-7-21(19)27-22)25(23(28)29,33(31)32-3)15-14-18-8-11-20(26)12-9-18/h4-13,17,30,33H,16H2,1-3H3,(H,28,29). The van der Waals surface area contributed by atoms with Gasteiger partial charge in [0.15, 0.2) is 0 Å². The molecule has 2 N–H and O–H groups in total. The molecule has 1 heterocycles. The molecule has 0 saturated carbocycles. The Labute approximate surface area is 192 Å². The molecule has 3 atom stereocenters. The molecule has 0 amide bonds. The van der Waals surface area contributed by atoms with Gasteiger partial charge in [0, 0.05) is 18.1 Å². The number of rotatable bonds is 7. The lowest BCUT2D eigenvalue weighted by Gasteiger charge is -2.40. The number of nitrogens with zero attached hydrogens (tertiary/aromatic N) is 1. The van der Waals surface area contributed by atoms with E-state index in [9.17, 15) is 24.0 Å². The Morgan fingerprint density at radius 3 is 2.42 bits per heavy atom. The van der Waals surface area contributed by atoms with E-state index in [0.717, 1.165) is 12.5 Å². The summed E-state index contributed by atoms with van der Waals surface area (Å²) < 4.78 is 31.6. The third kappa shape index (κ3) is 4.69. The largest absolute Gasteiger partial charge is 0.480 e. The van der Waals surface area contributed by atoms with Crippen LogP contribution >= 0.6 is 8.03 Å². The zero-order chi connectivity index (χ0) is 24.2. The van der Waals surface area contributed by atoms with Gasteiger partial charge in [-0.15, -0.1) is 0 Å². The zero-order valence-corrected chi connectivity index (χ0v) is 19.5. The van der Waals surface area contributed by atoms with Crippen molar-refractivity contribution in [2.75, 3.05) is 7.11 Å². The fourth-order valence-electron chi connectivity index (χ4n) is 3.83. The van der Waals surface area contributed by atoms with E-state index in [0.29, 0.717) is 11.1 Å². The third-order valence-corrected chi connectivity index (χ3v) is 7.13. The summed E-state index contributed by atoms with van der Waals surface area (Å²) in [5.74, 6) is 2.93. The van der Waals surface area contributed by atoms with Crippen LogP contribution in [-0.4, -0.2) is 33.4 Å². The van der Waals surface area contributed by atoms with Crippen molar-refractivity contribution in [1.29, 1.82) is 0 Å². The topological polar surface area (TPSA) is 96.7 Å². The number of aliphatic carboxylic acids is 1. The second kappa shape index (κ2) is 9.84. The summed E-state index contributed by atoms with van der Waals surface area (Å²) >= 11 is 0. The van der Waals surface area contributed by atoms with E-state index in [-0.39, 0.29) is 18.0 Å². The molecule has 0 spiro atoms. The highest BCUT2D eigenvalue weighted by Crippen LogP contribution is 2.53. The van der Waals surface area contributed by atoms with Crippen molar-refractivity contribution in [3.8, 4) is 11.8 Å². The lowest BCUT2D eigenvalue weighted by atomic mass is 9.77. The molecular weight excluding hydrogens is 444 g/mol. The van der Waals surface area contributed by atoms with Crippen LogP contribution in [0.5, 0.6) is 0 Å². The first kappa shape index (κ1) is 24.6. The first-order chi connectivity index (χ1) is 15.6. The lowest BCUT2D eigenvalue weighted by Crippen LogP contribution is -2.55. The van der Waals surface area contributed by atoms with Crippen molar-refractivity contribution < 1.29 is 28.5 Å². The van der Waals surface area contributed by atoms with E-state index >= 15 is 0 Å². The van der Waals surface area contributed by atoms with Gasteiger partial charge in [-0.2, -0.15) is 0 Å². The van der Waals surface area contributed by atoms with Crippen LogP contribution in [0, 0.1) is 23.6 Å². The van der Waals surface area contributed by atoms with Crippen LogP contribution in [0.2, 0.25) is 0 Å². The van der Waals surface area contributed by atoms with Crippen LogP contribution in [0.25, 0.3) is 10.9 Å². The van der Waals surface area contributed by atoms with E-state index in [1.165, 1.54) is 30.3 Å². The first-order valence-electron chi connectivity index (χ1n) is 10.3. The number of carbonyl (C=O) groups is 1. The number of carboxylic acids is 1. The molecule has 33 heavy (non-hydrogen) atoms. The summed E-state index contributed by atoms with van der Waals surface area (Å²) in [5.41, 5.74) is -1.39. The minimum absolute atomic E-state index is 0.0288. The summed E-state index contributed by atoms with van der Waals surface area (Å²) in [7, 11) is -2.38. The van der Waals surface area contributed by atoms with Crippen molar-refractivity contribution in [3.05, 3.63) is 77.7 Å². The predicted molar refractivity (Wildman–Crippen MR) is 125 cm³/mol. The quantitative estimate of drug-likeness (QED) is 0.388. The van der Waals surface area contributed by atoms with Crippen LogP contribution in [0.1, 0.15) is 31.5 Å². The molecule has 6 nitrogen and oxygen atoms in total. The molecular formula is C25H25FNO5P. The SMILES string of the molecule is CO[PH](=O)C(C#Cc1ccc(F)cc1)(C(=O)O)C(O)(CC(C)C)c1ccc2ccccc2n1. The number of hydrogen-bond donors (Lipinski definition) is 2. The van der Waals surface area contributed by atoms with Crippen LogP contribution in [0.3, 0.4) is 0 Å². The monoisotopic (exact) mass is 469 g/mol. The second-order valence-electron chi connectivity index (χ2n) is 8.15. The van der Waals surface area contributed by atoms with Gasteiger partial charge >= 0.3 is 5.97 Å². The molecule has 2 aromatic carbocycles. The molecule has 3 aromatic rings. The van der Waals surface area contributed by atoms with Gasteiger partial charge in [0.1, 0.15) is 11.4 Å². The van der Waals surface area contributed by atoms with Gasteiger partial charge < -0.3 is 14.7 Å². The average molecular weight is 469 g/mol. The van der Waals surface area contributed by atoms with Gasteiger partial charge in [0.25, 0.3) is 0 Å². The zero-order valence-electron chi connectivity index (χ0n) is 18.5. The number of fused-ring (bicyclic) bond motifs is 1. The molecule has 0 aliphatic heterocycles. The molecule has 172 valence electrons. The van der Waals surface area contributed by atoms with Crippen LogP contribution < -0.4 is 0 Å². The van der Waals surface area contributed by atoms with E-state index in [2.05, 4.69) is 16.8 Å². The molecule has 3 rings (SSSR count). The number of aromatic nitrogens is 1. The van der Waals surface area contributed by atoms with E-state index < -0.39 is 30.6 Å². The Morgan fingerprint density at radius 1 is 1.15 bits per heavy atom. The van der Waals surface area contributed by atoms with Gasteiger partial charge in [-0.1, -0.05) is 50.0 Å². The minimum atomic E-state index is -3.49. The van der Waals surface area contributed by atoms with Gasteiger partial charge in [-0.05, 0) is 48.7 Å². The summed E-state index contributed by atoms with van der Waals surface area (Å²) in [5, 5.41) is 20.7. The Morgan fingerprint density at radius 2 is 1.82 bits per heavy atom. The van der Waals surface area contributed by atoms with E-state index in [1.807, 2.05) is 12.1 Å². The average Bonchev–Trinajstić information content (AvgIpc) is 2.79.